The number of terminal acetylenes is 1. The summed E-state index contributed by atoms with van der Waals surface area (Å²) in [5.41, 5.74) is 0. The summed E-state index contributed by atoms with van der Waals surface area (Å²) < 4.78 is 35.2. The molecule has 0 aromatic heterocycles. The molecule has 8 nitrogen and oxygen atoms in total. The van der Waals surface area contributed by atoms with Crippen molar-refractivity contribution in [3.63, 3.8) is 0 Å². The van der Waals surface area contributed by atoms with Crippen LogP contribution in [0.15, 0.2) is 0 Å². The molecule has 0 N–H and O–H groups in total. The molecular weight excluding hydrogens is 315 g/mol. The fourth-order valence-electron chi connectivity index (χ4n) is 1.16. The van der Waals surface area contributed by atoms with Crippen molar-refractivity contribution in [3.05, 3.63) is 0 Å². The Kier molecular flexibility index (Phi) is 13.1. The van der Waals surface area contributed by atoms with Crippen LogP contribution in [0, 0.1) is 12.3 Å². The quantitative estimate of drug-likeness (QED) is 0.186. The highest BCUT2D eigenvalue weighted by Crippen LogP contribution is 2.30. The summed E-state index contributed by atoms with van der Waals surface area (Å²) in [7, 11) is -3.69. The number of hydrogen-bond acceptors (Lipinski definition) is 8. The molecule has 0 aliphatic heterocycles. The van der Waals surface area contributed by atoms with Crippen molar-refractivity contribution in [1.82, 2.24) is 0 Å². The van der Waals surface area contributed by atoms with Gasteiger partial charge in [-0.3, -0.25) is 4.79 Å². The molecule has 0 aromatic carbocycles. The molecular formula is C13H22O8P-. The van der Waals surface area contributed by atoms with Crippen LogP contribution in [0.25, 0.3) is 0 Å². The third-order valence-corrected chi connectivity index (χ3v) is 2.70. The Morgan fingerprint density at radius 2 is 1.64 bits per heavy atom. The van der Waals surface area contributed by atoms with E-state index < -0.39 is 7.60 Å². The van der Waals surface area contributed by atoms with Gasteiger partial charge in [-0.15, -0.1) is 6.42 Å². The number of rotatable bonds is 14. The molecule has 0 aliphatic carbocycles. The van der Waals surface area contributed by atoms with Crippen molar-refractivity contribution in [2.24, 2.45) is 0 Å². The summed E-state index contributed by atoms with van der Waals surface area (Å²) in [6.07, 6.45) is 5.12. The van der Waals surface area contributed by atoms with E-state index in [-0.39, 0.29) is 52.0 Å². The van der Waals surface area contributed by atoms with Crippen molar-refractivity contribution >= 4 is 13.6 Å². The highest BCUT2D eigenvalue weighted by molar-refractivity contribution is 7.50. The van der Waals surface area contributed by atoms with Crippen LogP contribution in [0.1, 0.15) is 6.42 Å². The largest absolute Gasteiger partial charge is 0.779 e. The van der Waals surface area contributed by atoms with E-state index in [1.165, 1.54) is 0 Å². The van der Waals surface area contributed by atoms with E-state index in [1.54, 1.807) is 0 Å². The lowest BCUT2D eigenvalue weighted by Gasteiger charge is -2.17. The third-order valence-electron chi connectivity index (χ3n) is 2.05. The zero-order valence-electron chi connectivity index (χ0n) is 12.7. The van der Waals surface area contributed by atoms with Gasteiger partial charge in [0.2, 0.25) is 0 Å². The van der Waals surface area contributed by atoms with Gasteiger partial charge in [-0.05, 0) is 0 Å². The molecule has 9 heteroatoms. The second-order valence-corrected chi connectivity index (χ2v) is 5.86. The van der Waals surface area contributed by atoms with Crippen molar-refractivity contribution < 1.29 is 37.7 Å². The van der Waals surface area contributed by atoms with Crippen LogP contribution >= 0.6 is 7.60 Å². The van der Waals surface area contributed by atoms with Crippen LogP contribution in [-0.4, -0.2) is 65.5 Å². The summed E-state index contributed by atoms with van der Waals surface area (Å²) in [6, 6.07) is 0. The van der Waals surface area contributed by atoms with Crippen LogP contribution in [0.3, 0.4) is 0 Å². The maximum atomic E-state index is 11.2. The number of carbonyl (C=O) groups excluding carboxylic acids is 1. The smallest absolute Gasteiger partial charge is 0.308 e. The van der Waals surface area contributed by atoms with E-state index in [0.29, 0.717) is 13.2 Å². The van der Waals surface area contributed by atoms with Crippen molar-refractivity contribution in [2.75, 3.05) is 59.5 Å². The molecule has 0 rings (SSSR count). The zero-order chi connectivity index (χ0) is 16.7. The standard InChI is InChI=1S/C13H23O8P/c1-3-5-17-6-4-13(14)20-11-9-18-7-8-19-10-12-21-22(2,15)16/h1H,4-12H2,2H3,(H,15,16)/p-1. The molecule has 0 fully saturated rings. The summed E-state index contributed by atoms with van der Waals surface area (Å²) in [5.74, 6) is 1.91. The van der Waals surface area contributed by atoms with Gasteiger partial charge in [0.15, 0.2) is 0 Å². The van der Waals surface area contributed by atoms with Gasteiger partial charge in [0.25, 0.3) is 0 Å². The molecule has 0 bridgehead atoms. The van der Waals surface area contributed by atoms with Crippen molar-refractivity contribution in [1.29, 1.82) is 0 Å². The average Bonchev–Trinajstić information content (AvgIpc) is 2.44. The Morgan fingerprint density at radius 1 is 1.05 bits per heavy atom. The maximum Gasteiger partial charge on any atom is 0.308 e. The van der Waals surface area contributed by atoms with Crippen LogP contribution < -0.4 is 4.89 Å². The molecule has 0 heterocycles. The monoisotopic (exact) mass is 337 g/mol. The number of hydrogen-bond donors (Lipinski definition) is 0. The number of esters is 1. The molecule has 0 aliphatic rings. The van der Waals surface area contributed by atoms with Gasteiger partial charge >= 0.3 is 5.97 Å². The maximum absolute atomic E-state index is 11.2. The first-order valence-corrected chi connectivity index (χ1v) is 8.70. The normalized spacial score (nSPS) is 13.3. The highest BCUT2D eigenvalue weighted by atomic mass is 31.2. The Hall–Kier alpha value is -0.940. The van der Waals surface area contributed by atoms with Gasteiger partial charge in [-0.25, -0.2) is 0 Å². The first-order valence-electron chi connectivity index (χ1n) is 6.71. The Bertz CT molecular complexity index is 373. The number of carbonyl (C=O) groups is 1. The first-order chi connectivity index (χ1) is 10.5. The predicted molar refractivity (Wildman–Crippen MR) is 76.3 cm³/mol. The van der Waals surface area contributed by atoms with E-state index in [4.69, 9.17) is 25.4 Å². The fourth-order valence-corrected chi connectivity index (χ4v) is 1.56. The molecule has 0 radical (unpaired) electrons. The van der Waals surface area contributed by atoms with Gasteiger partial charge in [0.1, 0.15) is 20.8 Å². The lowest BCUT2D eigenvalue weighted by molar-refractivity contribution is -0.197. The summed E-state index contributed by atoms with van der Waals surface area (Å²) in [4.78, 5) is 21.9. The SMILES string of the molecule is C#CCOCCC(=O)OCCOCCOCCOP(C)(=O)[O-]. The summed E-state index contributed by atoms with van der Waals surface area (Å²) >= 11 is 0. The van der Waals surface area contributed by atoms with Crippen molar-refractivity contribution in [2.45, 2.75) is 6.42 Å². The molecule has 22 heavy (non-hydrogen) atoms. The molecule has 1 atom stereocenters. The molecule has 0 amide bonds. The van der Waals surface area contributed by atoms with E-state index >= 15 is 0 Å². The van der Waals surface area contributed by atoms with Gasteiger partial charge in [0.05, 0.1) is 46.1 Å². The minimum atomic E-state index is -3.69. The van der Waals surface area contributed by atoms with Gasteiger partial charge in [0, 0.05) is 6.66 Å². The lowest BCUT2D eigenvalue weighted by atomic mass is 10.5. The second kappa shape index (κ2) is 13.7. The second-order valence-electron chi connectivity index (χ2n) is 4.06. The first kappa shape index (κ1) is 21.1. The fraction of sp³-hybridized carbons (Fsp3) is 0.769. The Labute approximate surface area is 130 Å². The molecule has 0 saturated heterocycles. The van der Waals surface area contributed by atoms with Gasteiger partial charge in [-0.2, -0.15) is 0 Å². The minimum absolute atomic E-state index is 0.0172. The van der Waals surface area contributed by atoms with Gasteiger partial charge < -0.3 is 32.9 Å². The summed E-state index contributed by atoms with van der Waals surface area (Å²) in [6.45, 7) is 2.55. The molecule has 128 valence electrons. The number of ether oxygens (including phenoxy) is 4. The Morgan fingerprint density at radius 3 is 2.23 bits per heavy atom. The average molecular weight is 337 g/mol. The van der Waals surface area contributed by atoms with Crippen LogP contribution in [0.2, 0.25) is 0 Å². The molecule has 0 saturated carbocycles. The van der Waals surface area contributed by atoms with Crippen LogP contribution in [-0.2, 0) is 32.8 Å². The van der Waals surface area contributed by atoms with Crippen LogP contribution in [0.5, 0.6) is 0 Å². The molecule has 0 spiro atoms. The zero-order valence-corrected chi connectivity index (χ0v) is 13.5. The van der Waals surface area contributed by atoms with Crippen molar-refractivity contribution in [3.8, 4) is 12.3 Å². The molecule has 1 unspecified atom stereocenters. The van der Waals surface area contributed by atoms with Gasteiger partial charge in [-0.1, -0.05) is 5.92 Å². The minimum Gasteiger partial charge on any atom is -0.779 e. The lowest BCUT2D eigenvalue weighted by Crippen LogP contribution is -2.15. The third kappa shape index (κ3) is 17.1. The summed E-state index contributed by atoms with van der Waals surface area (Å²) in [5, 5.41) is 0. The predicted octanol–water partition coefficient (Wildman–Crippen LogP) is -0.197. The highest BCUT2D eigenvalue weighted by Gasteiger charge is 2.02. The van der Waals surface area contributed by atoms with E-state index in [9.17, 15) is 14.3 Å². The van der Waals surface area contributed by atoms with E-state index in [1.807, 2.05) is 0 Å². The van der Waals surface area contributed by atoms with Crippen LogP contribution in [0.4, 0.5) is 0 Å². The van der Waals surface area contributed by atoms with E-state index in [2.05, 4.69) is 10.4 Å². The molecule has 0 aromatic rings. The topological polar surface area (TPSA) is 103 Å². The van der Waals surface area contributed by atoms with E-state index in [0.717, 1.165) is 6.66 Å². The Balaban J connectivity index is 3.21.